The SMILES string of the molecule is Cn1nncc1-c1ccc(C(=O)N[C@@H](CN)Cc2ccccc2)cc1. The third-order valence-corrected chi connectivity index (χ3v) is 4.10. The average Bonchev–Trinajstić information content (AvgIpc) is 3.08. The first kappa shape index (κ1) is 16.9. The molecule has 0 radical (unpaired) electrons. The molecular formula is C19H21N5O. The Hall–Kier alpha value is -2.99. The zero-order valence-electron chi connectivity index (χ0n) is 14.1. The molecule has 3 rings (SSSR count). The molecule has 0 saturated carbocycles. The highest BCUT2D eigenvalue weighted by molar-refractivity contribution is 5.94. The van der Waals surface area contributed by atoms with Gasteiger partial charge in [-0.05, 0) is 24.1 Å². The zero-order valence-corrected chi connectivity index (χ0v) is 14.1. The summed E-state index contributed by atoms with van der Waals surface area (Å²) in [5.41, 5.74) is 9.43. The fourth-order valence-electron chi connectivity index (χ4n) is 2.70. The van der Waals surface area contributed by atoms with E-state index in [1.807, 2.05) is 49.5 Å². The lowest BCUT2D eigenvalue weighted by Crippen LogP contribution is -2.41. The van der Waals surface area contributed by atoms with Gasteiger partial charge in [-0.1, -0.05) is 47.7 Å². The number of amides is 1. The Balaban J connectivity index is 1.67. The molecule has 128 valence electrons. The summed E-state index contributed by atoms with van der Waals surface area (Å²) in [5.74, 6) is -0.124. The van der Waals surface area contributed by atoms with Crippen molar-refractivity contribution in [2.45, 2.75) is 12.5 Å². The van der Waals surface area contributed by atoms with Crippen LogP contribution in [0, 0.1) is 0 Å². The van der Waals surface area contributed by atoms with Crippen molar-refractivity contribution in [3.05, 3.63) is 71.9 Å². The van der Waals surface area contributed by atoms with Crippen LogP contribution < -0.4 is 11.1 Å². The molecule has 0 saturated heterocycles. The molecule has 6 heteroatoms. The maximum atomic E-state index is 12.5. The summed E-state index contributed by atoms with van der Waals surface area (Å²) in [6, 6.07) is 17.3. The Morgan fingerprint density at radius 3 is 2.48 bits per heavy atom. The van der Waals surface area contributed by atoms with E-state index in [0.717, 1.165) is 16.8 Å². The molecule has 1 atom stereocenters. The van der Waals surface area contributed by atoms with Crippen molar-refractivity contribution < 1.29 is 4.79 Å². The minimum Gasteiger partial charge on any atom is -0.348 e. The van der Waals surface area contributed by atoms with Gasteiger partial charge in [0.25, 0.3) is 5.91 Å². The van der Waals surface area contributed by atoms with Crippen LogP contribution in [0.25, 0.3) is 11.3 Å². The normalized spacial score (nSPS) is 11.9. The Labute approximate surface area is 146 Å². The Bertz CT molecular complexity index is 827. The highest BCUT2D eigenvalue weighted by Crippen LogP contribution is 2.17. The number of nitrogens with zero attached hydrogens (tertiary/aromatic N) is 3. The molecule has 0 spiro atoms. The molecule has 1 aromatic heterocycles. The number of hydrogen-bond acceptors (Lipinski definition) is 4. The van der Waals surface area contributed by atoms with E-state index in [4.69, 9.17) is 5.73 Å². The minimum absolute atomic E-state index is 0.101. The van der Waals surface area contributed by atoms with E-state index in [2.05, 4.69) is 15.6 Å². The van der Waals surface area contributed by atoms with Crippen LogP contribution in [0.5, 0.6) is 0 Å². The zero-order chi connectivity index (χ0) is 17.6. The maximum absolute atomic E-state index is 12.5. The quantitative estimate of drug-likeness (QED) is 0.719. The first-order chi connectivity index (χ1) is 12.2. The van der Waals surface area contributed by atoms with Crippen LogP contribution in [0.2, 0.25) is 0 Å². The molecule has 0 aliphatic heterocycles. The number of hydrogen-bond donors (Lipinski definition) is 2. The Kier molecular flexibility index (Phi) is 5.20. The molecule has 6 nitrogen and oxygen atoms in total. The van der Waals surface area contributed by atoms with Crippen LogP contribution in [0.3, 0.4) is 0 Å². The fraction of sp³-hybridized carbons (Fsp3) is 0.211. The monoisotopic (exact) mass is 335 g/mol. The smallest absolute Gasteiger partial charge is 0.251 e. The lowest BCUT2D eigenvalue weighted by atomic mass is 10.0. The van der Waals surface area contributed by atoms with Crippen LogP contribution in [-0.2, 0) is 13.5 Å². The predicted octanol–water partition coefficient (Wildman–Crippen LogP) is 1.78. The summed E-state index contributed by atoms with van der Waals surface area (Å²) in [4.78, 5) is 12.5. The van der Waals surface area contributed by atoms with Gasteiger partial charge in [-0.2, -0.15) is 0 Å². The Morgan fingerprint density at radius 2 is 1.88 bits per heavy atom. The van der Waals surface area contributed by atoms with Gasteiger partial charge >= 0.3 is 0 Å². The van der Waals surface area contributed by atoms with Gasteiger partial charge < -0.3 is 11.1 Å². The molecule has 3 N–H and O–H groups in total. The summed E-state index contributed by atoms with van der Waals surface area (Å²) in [6.45, 7) is 0.388. The maximum Gasteiger partial charge on any atom is 0.251 e. The second-order valence-corrected chi connectivity index (χ2v) is 5.92. The summed E-state index contributed by atoms with van der Waals surface area (Å²) in [6.07, 6.45) is 2.40. The number of carbonyl (C=O) groups excluding carboxylic acids is 1. The fourth-order valence-corrected chi connectivity index (χ4v) is 2.70. The van der Waals surface area contributed by atoms with Crippen molar-refractivity contribution in [3.63, 3.8) is 0 Å². The third-order valence-electron chi connectivity index (χ3n) is 4.10. The van der Waals surface area contributed by atoms with E-state index in [9.17, 15) is 4.79 Å². The summed E-state index contributed by atoms with van der Waals surface area (Å²) < 4.78 is 1.69. The molecule has 3 aromatic rings. The van der Waals surface area contributed by atoms with Crippen molar-refractivity contribution in [1.82, 2.24) is 20.3 Å². The van der Waals surface area contributed by atoms with Gasteiger partial charge in [0.2, 0.25) is 0 Å². The van der Waals surface area contributed by atoms with Gasteiger partial charge in [0.15, 0.2) is 0 Å². The molecule has 0 bridgehead atoms. The van der Waals surface area contributed by atoms with E-state index in [0.29, 0.717) is 18.5 Å². The summed E-state index contributed by atoms with van der Waals surface area (Å²) >= 11 is 0. The molecule has 1 amide bonds. The first-order valence-corrected chi connectivity index (χ1v) is 8.17. The molecule has 0 unspecified atom stereocenters. The molecule has 2 aromatic carbocycles. The largest absolute Gasteiger partial charge is 0.348 e. The van der Waals surface area contributed by atoms with E-state index in [-0.39, 0.29) is 11.9 Å². The van der Waals surface area contributed by atoms with Gasteiger partial charge in [-0.15, -0.1) is 5.10 Å². The van der Waals surface area contributed by atoms with E-state index in [1.54, 1.807) is 23.0 Å². The summed E-state index contributed by atoms with van der Waals surface area (Å²) in [7, 11) is 1.83. The number of rotatable bonds is 6. The number of aromatic nitrogens is 3. The van der Waals surface area contributed by atoms with Gasteiger partial charge in [0.1, 0.15) is 0 Å². The van der Waals surface area contributed by atoms with Crippen LogP contribution in [0.1, 0.15) is 15.9 Å². The van der Waals surface area contributed by atoms with Crippen LogP contribution in [0.15, 0.2) is 60.8 Å². The van der Waals surface area contributed by atoms with E-state index < -0.39 is 0 Å². The van der Waals surface area contributed by atoms with Crippen molar-refractivity contribution in [2.75, 3.05) is 6.54 Å². The van der Waals surface area contributed by atoms with Gasteiger partial charge in [0.05, 0.1) is 11.9 Å². The lowest BCUT2D eigenvalue weighted by molar-refractivity contribution is 0.0938. The van der Waals surface area contributed by atoms with E-state index >= 15 is 0 Å². The number of nitrogens with two attached hydrogens (primary N) is 1. The first-order valence-electron chi connectivity index (χ1n) is 8.17. The highest BCUT2D eigenvalue weighted by atomic mass is 16.1. The second-order valence-electron chi connectivity index (χ2n) is 5.92. The molecule has 0 aliphatic rings. The van der Waals surface area contributed by atoms with Gasteiger partial charge in [-0.3, -0.25) is 4.79 Å². The van der Waals surface area contributed by atoms with Crippen molar-refractivity contribution in [1.29, 1.82) is 0 Å². The molecular weight excluding hydrogens is 314 g/mol. The number of aryl methyl sites for hydroxylation is 1. The molecule has 0 fully saturated rings. The van der Waals surface area contributed by atoms with Crippen LogP contribution >= 0.6 is 0 Å². The topological polar surface area (TPSA) is 85.8 Å². The highest BCUT2D eigenvalue weighted by Gasteiger charge is 2.13. The average molecular weight is 335 g/mol. The molecule has 25 heavy (non-hydrogen) atoms. The Morgan fingerprint density at radius 1 is 1.16 bits per heavy atom. The molecule has 0 aliphatic carbocycles. The van der Waals surface area contributed by atoms with E-state index in [1.165, 1.54) is 0 Å². The minimum atomic E-state index is -0.124. The lowest BCUT2D eigenvalue weighted by Gasteiger charge is -2.17. The van der Waals surface area contributed by atoms with Crippen LogP contribution in [0.4, 0.5) is 0 Å². The standard InChI is InChI=1S/C19H21N5O/c1-24-18(13-21-23-24)15-7-9-16(10-8-15)19(25)22-17(12-20)11-14-5-3-2-4-6-14/h2-10,13,17H,11-12,20H2,1H3,(H,22,25)/t17-/m1/s1. The second kappa shape index (κ2) is 7.72. The van der Waals surface area contributed by atoms with Crippen molar-refractivity contribution in [3.8, 4) is 11.3 Å². The van der Waals surface area contributed by atoms with Gasteiger partial charge in [0, 0.05) is 30.8 Å². The molecule has 1 heterocycles. The number of carbonyl (C=O) groups is 1. The van der Waals surface area contributed by atoms with Crippen LogP contribution in [-0.4, -0.2) is 33.5 Å². The number of benzene rings is 2. The van der Waals surface area contributed by atoms with Gasteiger partial charge in [-0.25, -0.2) is 4.68 Å². The van der Waals surface area contributed by atoms with Crippen molar-refractivity contribution in [2.24, 2.45) is 12.8 Å². The third kappa shape index (κ3) is 4.10. The number of nitrogens with one attached hydrogen (secondary N) is 1. The summed E-state index contributed by atoms with van der Waals surface area (Å²) in [5, 5.41) is 10.8. The predicted molar refractivity (Wildman–Crippen MR) is 96.9 cm³/mol. The van der Waals surface area contributed by atoms with Crippen molar-refractivity contribution >= 4 is 5.91 Å².